The molecule has 3 rings (SSSR count). The van der Waals surface area contributed by atoms with Gasteiger partial charge < -0.3 is 14.0 Å². The number of aliphatic imine (C=N–C) groups is 1. The Bertz CT molecular complexity index is 1160. The van der Waals surface area contributed by atoms with Crippen molar-refractivity contribution in [3.05, 3.63) is 34.1 Å². The fraction of sp³-hybridized carbons (Fsp3) is 0.250. The molecule has 1 aromatic carbocycles. The van der Waals surface area contributed by atoms with Crippen LogP contribution in [-0.4, -0.2) is 55.3 Å². The van der Waals surface area contributed by atoms with Gasteiger partial charge in [0.1, 0.15) is 16.9 Å². The molecule has 0 spiro atoms. The van der Waals surface area contributed by atoms with Crippen molar-refractivity contribution in [1.82, 2.24) is 24.8 Å². The first-order valence-corrected chi connectivity index (χ1v) is 10.3. The van der Waals surface area contributed by atoms with Crippen molar-refractivity contribution >= 4 is 46.5 Å². The van der Waals surface area contributed by atoms with Crippen molar-refractivity contribution in [3.63, 3.8) is 0 Å². The molecule has 0 saturated heterocycles. The molecule has 0 amide bonds. The lowest BCUT2D eigenvalue weighted by molar-refractivity contribution is -0.137. The van der Waals surface area contributed by atoms with Gasteiger partial charge in [0, 0.05) is 14.1 Å². The molecule has 0 aliphatic heterocycles. The topological polar surface area (TPSA) is 95.4 Å². The number of aromatic nitrogens is 4. The van der Waals surface area contributed by atoms with Gasteiger partial charge in [-0.3, -0.25) is 0 Å². The molecule has 0 bridgehead atoms. The van der Waals surface area contributed by atoms with Gasteiger partial charge in [-0.1, -0.05) is 28.4 Å². The molecule has 33 heavy (non-hydrogen) atoms. The monoisotopic (exact) mass is 534 g/mol. The van der Waals surface area contributed by atoms with Crippen molar-refractivity contribution < 1.29 is 35.4 Å². The highest BCUT2D eigenvalue weighted by molar-refractivity contribution is 7.92. The van der Waals surface area contributed by atoms with Crippen LogP contribution in [-0.2, 0) is 17.4 Å². The maximum absolute atomic E-state index is 13.4. The number of benzene rings is 1. The first-order chi connectivity index (χ1) is 15.2. The summed E-state index contributed by atoms with van der Waals surface area (Å²) < 4.78 is 97.2. The third-order valence-electron chi connectivity index (χ3n) is 3.75. The predicted molar refractivity (Wildman–Crippen MR) is 106 cm³/mol. The summed E-state index contributed by atoms with van der Waals surface area (Å²) in [4.78, 5) is 7.85. The maximum atomic E-state index is 13.4. The van der Waals surface area contributed by atoms with Crippen molar-refractivity contribution in [2.75, 3.05) is 14.1 Å². The van der Waals surface area contributed by atoms with Crippen LogP contribution in [0.15, 0.2) is 32.9 Å². The molecule has 0 N–H and O–H groups in total. The Morgan fingerprint density at radius 2 is 1.76 bits per heavy atom. The lowest BCUT2D eigenvalue weighted by Gasteiger charge is -2.14. The Hall–Kier alpha value is -2.49. The number of halogens is 8. The molecule has 0 radical (unpaired) electrons. The van der Waals surface area contributed by atoms with Gasteiger partial charge in [0.05, 0.1) is 21.9 Å². The number of hydrogen-bond donors (Lipinski definition) is 0. The molecule has 8 nitrogen and oxygen atoms in total. The van der Waals surface area contributed by atoms with E-state index in [0.29, 0.717) is 16.8 Å². The second-order valence-corrected chi connectivity index (χ2v) is 8.60. The molecule has 2 aromatic heterocycles. The van der Waals surface area contributed by atoms with Gasteiger partial charge in [0.15, 0.2) is 5.69 Å². The van der Waals surface area contributed by atoms with Gasteiger partial charge in [-0.2, -0.15) is 23.3 Å². The minimum atomic E-state index is -5.26. The fourth-order valence-corrected chi connectivity index (χ4v) is 3.96. The Kier molecular flexibility index (Phi) is 6.89. The molecule has 1 unspecified atom stereocenters. The minimum absolute atomic E-state index is 0.438. The van der Waals surface area contributed by atoms with E-state index in [1.807, 2.05) is 0 Å². The van der Waals surface area contributed by atoms with Crippen LogP contribution < -0.4 is 0 Å². The molecule has 0 fully saturated rings. The van der Waals surface area contributed by atoms with E-state index in [1.54, 1.807) is 0 Å². The first kappa shape index (κ1) is 25.1. The van der Waals surface area contributed by atoms with E-state index in [9.17, 15) is 30.9 Å². The Morgan fingerprint density at radius 3 is 2.21 bits per heavy atom. The average Bonchev–Trinajstić information content (AvgIpc) is 3.31. The molecule has 17 heteroatoms. The van der Waals surface area contributed by atoms with E-state index in [1.165, 1.54) is 19.0 Å². The standard InChI is InChI=1S/C16H10Cl2F6N6O2S/c1-29(2)5-25-14-12(33(31)16(22,23)24)10(13-26-6-32-28-13)27-30(14)11-8(17)3-7(4-9(11)18)15(19,20)21/h3-6H,1-2H3/b25-5+. The summed E-state index contributed by atoms with van der Waals surface area (Å²) in [5.41, 5.74) is -7.56. The second-order valence-electron chi connectivity index (χ2n) is 6.38. The zero-order valence-electron chi connectivity index (χ0n) is 16.2. The van der Waals surface area contributed by atoms with E-state index < -0.39 is 66.4 Å². The lowest BCUT2D eigenvalue weighted by Crippen LogP contribution is -2.24. The summed E-state index contributed by atoms with van der Waals surface area (Å²) in [5, 5.41) is 6.09. The predicted octanol–water partition coefficient (Wildman–Crippen LogP) is 5.10. The number of nitrogens with zero attached hydrogens (tertiary/aromatic N) is 6. The van der Waals surface area contributed by atoms with Gasteiger partial charge in [-0.15, -0.1) is 13.2 Å². The first-order valence-electron chi connectivity index (χ1n) is 8.37. The van der Waals surface area contributed by atoms with Crippen LogP contribution in [0.3, 0.4) is 0 Å². The van der Waals surface area contributed by atoms with E-state index in [4.69, 9.17) is 23.2 Å². The zero-order chi connectivity index (χ0) is 24.7. The van der Waals surface area contributed by atoms with Crippen LogP contribution >= 0.6 is 23.2 Å². The van der Waals surface area contributed by atoms with E-state index in [0.717, 1.165) is 12.7 Å². The SMILES string of the molecule is CN(C)/C=N/c1c([S+]([O-])C(F)(F)F)c(-c2ncon2)nn1-c1c(Cl)cc(C(F)(F)F)cc1Cl. The summed E-state index contributed by atoms with van der Waals surface area (Å²) in [7, 11) is 2.98. The molecule has 178 valence electrons. The number of rotatable bonds is 5. The molecule has 0 aliphatic rings. The van der Waals surface area contributed by atoms with Gasteiger partial charge in [-0.25, -0.2) is 9.67 Å². The van der Waals surface area contributed by atoms with E-state index >= 15 is 0 Å². The summed E-state index contributed by atoms with van der Waals surface area (Å²) >= 11 is 8.31. The lowest BCUT2D eigenvalue weighted by atomic mass is 10.2. The van der Waals surface area contributed by atoms with Crippen LogP contribution in [0.1, 0.15) is 5.56 Å². The highest BCUT2D eigenvalue weighted by Gasteiger charge is 2.51. The van der Waals surface area contributed by atoms with E-state index in [-0.39, 0.29) is 0 Å². The van der Waals surface area contributed by atoms with E-state index in [2.05, 4.69) is 24.8 Å². The van der Waals surface area contributed by atoms with Gasteiger partial charge in [0.2, 0.25) is 22.9 Å². The molecule has 0 aliphatic carbocycles. The summed E-state index contributed by atoms with van der Waals surface area (Å²) in [6.45, 7) is 0. The zero-order valence-corrected chi connectivity index (χ0v) is 18.6. The molecule has 1 atom stereocenters. The van der Waals surface area contributed by atoms with Gasteiger partial charge in [0.25, 0.3) is 0 Å². The second kappa shape index (κ2) is 9.04. The Labute approximate surface area is 194 Å². The summed E-state index contributed by atoms with van der Waals surface area (Å²) in [5.74, 6) is -1.16. The van der Waals surface area contributed by atoms with Crippen LogP contribution in [0.2, 0.25) is 10.0 Å². The van der Waals surface area contributed by atoms with Crippen LogP contribution in [0, 0.1) is 0 Å². The van der Waals surface area contributed by atoms with Gasteiger partial charge in [-0.05, 0) is 12.1 Å². The summed E-state index contributed by atoms with van der Waals surface area (Å²) in [6.07, 6.45) is -2.97. The van der Waals surface area contributed by atoms with Crippen molar-refractivity contribution in [3.8, 4) is 17.2 Å². The van der Waals surface area contributed by atoms with Crippen molar-refractivity contribution in [2.45, 2.75) is 16.6 Å². The maximum Gasteiger partial charge on any atom is 0.578 e. The van der Waals surface area contributed by atoms with Crippen LogP contribution in [0.4, 0.5) is 32.2 Å². The minimum Gasteiger partial charge on any atom is -0.604 e. The molecular weight excluding hydrogens is 525 g/mol. The Morgan fingerprint density at radius 1 is 1.15 bits per heavy atom. The normalized spacial score (nSPS) is 13.7. The largest absolute Gasteiger partial charge is 0.604 e. The number of alkyl halides is 6. The highest BCUT2D eigenvalue weighted by atomic mass is 35.5. The fourth-order valence-electron chi connectivity index (χ4n) is 2.47. The van der Waals surface area contributed by atoms with Crippen molar-refractivity contribution in [1.29, 1.82) is 0 Å². The van der Waals surface area contributed by atoms with Crippen molar-refractivity contribution in [2.24, 2.45) is 4.99 Å². The third-order valence-corrected chi connectivity index (χ3v) is 5.50. The van der Waals surface area contributed by atoms with Gasteiger partial charge >= 0.3 is 11.7 Å². The quantitative estimate of drug-likeness (QED) is 0.195. The smallest absolute Gasteiger partial charge is 0.578 e. The molecule has 3 aromatic rings. The summed E-state index contributed by atoms with van der Waals surface area (Å²) in [6, 6.07) is 1.02. The van der Waals surface area contributed by atoms with Crippen LogP contribution in [0.5, 0.6) is 0 Å². The average molecular weight is 535 g/mol. The highest BCUT2D eigenvalue weighted by Crippen LogP contribution is 2.45. The van der Waals surface area contributed by atoms with Crippen LogP contribution in [0.25, 0.3) is 17.2 Å². The molecular formula is C16H10Cl2F6N6O2S. The molecule has 2 heterocycles. The molecule has 0 saturated carbocycles. The Balaban J connectivity index is 2.39. The number of hydrogen-bond acceptors (Lipinski definition) is 6. The third kappa shape index (κ3) is 5.20.